The van der Waals surface area contributed by atoms with E-state index < -0.39 is 10.8 Å². The van der Waals surface area contributed by atoms with Crippen LogP contribution in [0.3, 0.4) is 0 Å². The molecule has 1 amide bonds. The molecule has 0 bridgehead atoms. The molecular weight excluding hydrogens is 282 g/mol. The van der Waals surface area contributed by atoms with E-state index in [0.717, 1.165) is 0 Å². The van der Waals surface area contributed by atoms with Gasteiger partial charge in [0.05, 0.1) is 17.0 Å². The summed E-state index contributed by atoms with van der Waals surface area (Å²) < 4.78 is 0. The molecule has 0 aliphatic rings. The molecular formula is C13H10ClN3O3. The summed E-state index contributed by atoms with van der Waals surface area (Å²) >= 11 is 5.82. The highest BCUT2D eigenvalue weighted by molar-refractivity contribution is 6.32. The van der Waals surface area contributed by atoms with Crippen LogP contribution in [-0.2, 0) is 11.2 Å². The summed E-state index contributed by atoms with van der Waals surface area (Å²) in [5, 5.41) is 13.6. The smallest absolute Gasteiger partial charge is 0.273 e. The van der Waals surface area contributed by atoms with Gasteiger partial charge in [-0.2, -0.15) is 0 Å². The third kappa shape index (κ3) is 3.30. The highest BCUT2D eigenvalue weighted by Gasteiger charge is 2.16. The Bertz CT molecular complexity index is 661. The Morgan fingerprint density at radius 1 is 1.30 bits per heavy atom. The van der Waals surface area contributed by atoms with Crippen molar-refractivity contribution in [1.29, 1.82) is 0 Å². The highest BCUT2D eigenvalue weighted by atomic mass is 35.5. The molecule has 2 aromatic rings. The van der Waals surface area contributed by atoms with Crippen molar-refractivity contribution in [3.63, 3.8) is 0 Å². The summed E-state index contributed by atoms with van der Waals surface area (Å²) in [5.74, 6) is -0.394. The number of nitrogens with one attached hydrogen (secondary N) is 1. The molecule has 0 atom stereocenters. The van der Waals surface area contributed by atoms with Crippen molar-refractivity contribution in [3.05, 3.63) is 63.4 Å². The molecule has 7 heteroatoms. The number of nitrogens with zero attached hydrogens (tertiary/aromatic N) is 2. The van der Waals surface area contributed by atoms with Gasteiger partial charge in [0.2, 0.25) is 5.91 Å². The number of benzene rings is 1. The van der Waals surface area contributed by atoms with Crippen LogP contribution in [0, 0.1) is 10.1 Å². The molecule has 1 heterocycles. The summed E-state index contributed by atoms with van der Waals surface area (Å²) in [4.78, 5) is 26.1. The average Bonchev–Trinajstić information content (AvgIpc) is 2.41. The van der Waals surface area contributed by atoms with Gasteiger partial charge in [0.25, 0.3) is 5.69 Å². The molecule has 1 aromatic heterocycles. The van der Waals surface area contributed by atoms with Crippen LogP contribution >= 0.6 is 11.6 Å². The van der Waals surface area contributed by atoms with Crippen LogP contribution in [0.2, 0.25) is 5.15 Å². The largest absolute Gasteiger partial charge is 0.323 e. The molecule has 0 fully saturated rings. The Hall–Kier alpha value is -2.47. The molecule has 0 radical (unpaired) electrons. The fourth-order valence-electron chi connectivity index (χ4n) is 1.69. The predicted molar refractivity (Wildman–Crippen MR) is 74.7 cm³/mol. The number of carbonyl (C=O) groups excluding carboxylic acids is 1. The third-order valence-corrected chi connectivity index (χ3v) is 2.87. The average molecular weight is 292 g/mol. The zero-order valence-corrected chi connectivity index (χ0v) is 11.0. The minimum Gasteiger partial charge on any atom is -0.323 e. The minimum absolute atomic E-state index is 0.0834. The first-order valence-electron chi connectivity index (χ1n) is 5.70. The van der Waals surface area contributed by atoms with E-state index in [4.69, 9.17) is 11.6 Å². The predicted octanol–water partition coefficient (Wildman–Crippen LogP) is 2.82. The number of hydrogen-bond donors (Lipinski definition) is 1. The lowest BCUT2D eigenvalue weighted by Crippen LogP contribution is -2.15. The number of amides is 1. The van der Waals surface area contributed by atoms with Crippen LogP contribution in [0.15, 0.2) is 42.6 Å². The minimum atomic E-state index is -0.514. The summed E-state index contributed by atoms with van der Waals surface area (Å²) in [7, 11) is 0. The van der Waals surface area contributed by atoms with Gasteiger partial charge in [0.1, 0.15) is 0 Å². The number of para-hydroxylation sites is 1. The van der Waals surface area contributed by atoms with E-state index in [1.165, 1.54) is 12.3 Å². The first kappa shape index (κ1) is 14.0. The molecule has 20 heavy (non-hydrogen) atoms. The second-order valence-corrected chi connectivity index (χ2v) is 4.31. The molecule has 0 unspecified atom stereocenters. The molecule has 0 aliphatic carbocycles. The maximum atomic E-state index is 11.9. The number of hydrogen-bond acceptors (Lipinski definition) is 4. The number of nitro benzene ring substituents is 1. The first-order chi connectivity index (χ1) is 9.58. The summed E-state index contributed by atoms with van der Waals surface area (Å²) in [6.45, 7) is 0. The Morgan fingerprint density at radius 3 is 2.75 bits per heavy atom. The lowest BCUT2D eigenvalue weighted by atomic mass is 10.1. The molecule has 0 saturated heterocycles. The lowest BCUT2D eigenvalue weighted by Gasteiger charge is -2.06. The SMILES string of the molecule is O=C(Cc1ccccc1[N+](=O)[O-])Nc1cccnc1Cl. The molecule has 0 spiro atoms. The molecule has 2 rings (SSSR count). The first-order valence-corrected chi connectivity index (χ1v) is 6.08. The Balaban J connectivity index is 2.13. The number of anilines is 1. The van der Waals surface area contributed by atoms with Gasteiger partial charge in [-0.05, 0) is 12.1 Å². The van der Waals surface area contributed by atoms with Gasteiger partial charge < -0.3 is 5.32 Å². The Kier molecular flexibility index (Phi) is 4.27. The highest BCUT2D eigenvalue weighted by Crippen LogP contribution is 2.20. The van der Waals surface area contributed by atoms with Crippen LogP contribution in [0.4, 0.5) is 11.4 Å². The van der Waals surface area contributed by atoms with E-state index in [1.54, 1.807) is 30.3 Å². The van der Waals surface area contributed by atoms with Crippen molar-refractivity contribution < 1.29 is 9.72 Å². The Labute approximate surface area is 119 Å². The summed E-state index contributed by atoms with van der Waals surface area (Å²) in [5.41, 5.74) is 0.632. The van der Waals surface area contributed by atoms with E-state index in [9.17, 15) is 14.9 Å². The lowest BCUT2D eigenvalue weighted by molar-refractivity contribution is -0.385. The van der Waals surface area contributed by atoms with E-state index in [0.29, 0.717) is 11.3 Å². The van der Waals surface area contributed by atoms with Gasteiger partial charge in [-0.1, -0.05) is 29.8 Å². The van der Waals surface area contributed by atoms with E-state index in [1.807, 2.05) is 0 Å². The third-order valence-electron chi connectivity index (χ3n) is 2.57. The van der Waals surface area contributed by atoms with Crippen molar-refractivity contribution >= 4 is 28.9 Å². The van der Waals surface area contributed by atoms with Crippen molar-refractivity contribution in [2.75, 3.05) is 5.32 Å². The molecule has 0 saturated carbocycles. The summed E-state index contributed by atoms with van der Waals surface area (Å²) in [6.07, 6.45) is 1.39. The molecule has 1 aromatic carbocycles. The van der Waals surface area contributed by atoms with Crippen molar-refractivity contribution in [2.45, 2.75) is 6.42 Å². The number of aromatic nitrogens is 1. The number of carbonyl (C=O) groups is 1. The van der Waals surface area contributed by atoms with Gasteiger partial charge in [-0.3, -0.25) is 14.9 Å². The van der Waals surface area contributed by atoms with Gasteiger partial charge in [-0.15, -0.1) is 0 Å². The van der Waals surface area contributed by atoms with E-state index in [-0.39, 0.29) is 17.3 Å². The number of rotatable bonds is 4. The number of halogens is 1. The molecule has 0 aliphatic heterocycles. The van der Waals surface area contributed by atoms with Gasteiger partial charge in [0.15, 0.2) is 5.15 Å². The Morgan fingerprint density at radius 2 is 2.05 bits per heavy atom. The van der Waals surface area contributed by atoms with Gasteiger partial charge in [-0.25, -0.2) is 4.98 Å². The standard InChI is InChI=1S/C13H10ClN3O3/c14-13-10(5-3-7-15-13)16-12(18)8-9-4-1-2-6-11(9)17(19)20/h1-7H,8H2,(H,16,18). The molecule has 6 nitrogen and oxygen atoms in total. The number of pyridine rings is 1. The van der Waals surface area contributed by atoms with Crippen molar-refractivity contribution in [1.82, 2.24) is 4.98 Å². The zero-order chi connectivity index (χ0) is 14.5. The van der Waals surface area contributed by atoms with Crippen LogP contribution in [0.25, 0.3) is 0 Å². The molecule has 1 N–H and O–H groups in total. The normalized spacial score (nSPS) is 10.1. The summed E-state index contributed by atoms with van der Waals surface area (Å²) in [6, 6.07) is 9.34. The molecule has 102 valence electrons. The van der Waals surface area contributed by atoms with Gasteiger partial charge >= 0.3 is 0 Å². The van der Waals surface area contributed by atoms with Crippen LogP contribution in [0.5, 0.6) is 0 Å². The van der Waals surface area contributed by atoms with Crippen LogP contribution < -0.4 is 5.32 Å². The second kappa shape index (κ2) is 6.12. The number of nitro groups is 1. The zero-order valence-electron chi connectivity index (χ0n) is 10.2. The topological polar surface area (TPSA) is 85.1 Å². The maximum Gasteiger partial charge on any atom is 0.273 e. The quantitative estimate of drug-likeness (QED) is 0.533. The van der Waals surface area contributed by atoms with Crippen molar-refractivity contribution in [3.8, 4) is 0 Å². The fraction of sp³-hybridized carbons (Fsp3) is 0.0769. The van der Waals surface area contributed by atoms with Crippen molar-refractivity contribution in [2.24, 2.45) is 0 Å². The maximum absolute atomic E-state index is 11.9. The second-order valence-electron chi connectivity index (χ2n) is 3.95. The van der Waals surface area contributed by atoms with E-state index >= 15 is 0 Å². The fourth-order valence-corrected chi connectivity index (χ4v) is 1.85. The monoisotopic (exact) mass is 291 g/mol. The van der Waals surface area contributed by atoms with Crippen LogP contribution in [0.1, 0.15) is 5.56 Å². The van der Waals surface area contributed by atoms with E-state index in [2.05, 4.69) is 10.3 Å². The van der Waals surface area contributed by atoms with Crippen LogP contribution in [-0.4, -0.2) is 15.8 Å². The van der Waals surface area contributed by atoms with Gasteiger partial charge in [0, 0.05) is 17.8 Å².